The lowest BCUT2D eigenvalue weighted by molar-refractivity contribution is -0.120. The number of Topliss-reactive ketones (excluding diaryl/α,β-unsaturated/α-hetero) is 1. The number of nitrogens with one attached hydrogen (secondary N) is 2. The molecule has 7 nitrogen and oxygen atoms in total. The fourth-order valence-corrected chi connectivity index (χ4v) is 4.18. The van der Waals surface area contributed by atoms with Crippen molar-refractivity contribution in [1.82, 2.24) is 10.0 Å². The number of hydrogen-bond acceptors (Lipinski definition) is 5. The Morgan fingerprint density at radius 2 is 1.64 bits per heavy atom. The van der Waals surface area contributed by atoms with Crippen molar-refractivity contribution in [3.63, 3.8) is 0 Å². The largest absolute Gasteiger partial charge is 0.444 e. The number of rotatable bonds is 9. The quantitative estimate of drug-likeness (QED) is 0.602. The highest BCUT2D eigenvalue weighted by Crippen LogP contribution is 2.20. The van der Waals surface area contributed by atoms with Crippen molar-refractivity contribution >= 4 is 21.9 Å². The van der Waals surface area contributed by atoms with E-state index in [-0.39, 0.29) is 5.78 Å². The van der Waals surface area contributed by atoms with Crippen molar-refractivity contribution < 1.29 is 22.7 Å². The van der Waals surface area contributed by atoms with E-state index in [4.69, 9.17) is 4.74 Å². The highest BCUT2D eigenvalue weighted by Gasteiger charge is 2.29. The number of amides is 1. The SMILES string of the molecule is CC(C)(C)OC(=O)NCCCCCCNS(=O)(=O)C1CCC(=O)CC1. The average Bonchev–Trinajstić information content (AvgIpc) is 2.48. The summed E-state index contributed by atoms with van der Waals surface area (Å²) < 4.78 is 32.1. The first-order valence-corrected chi connectivity index (χ1v) is 10.6. The number of carbonyl (C=O) groups excluding carboxylic acids is 2. The molecule has 1 saturated carbocycles. The van der Waals surface area contributed by atoms with Gasteiger partial charge in [0.15, 0.2) is 0 Å². The second kappa shape index (κ2) is 10.1. The van der Waals surface area contributed by atoms with Crippen LogP contribution in [0.15, 0.2) is 0 Å². The van der Waals surface area contributed by atoms with Crippen molar-refractivity contribution in [3.8, 4) is 0 Å². The van der Waals surface area contributed by atoms with Crippen LogP contribution in [-0.4, -0.2) is 44.2 Å². The lowest BCUT2D eigenvalue weighted by atomic mass is 9.99. The zero-order valence-corrected chi connectivity index (χ0v) is 16.4. The van der Waals surface area contributed by atoms with Crippen LogP contribution in [0.2, 0.25) is 0 Å². The minimum absolute atomic E-state index is 0.159. The minimum atomic E-state index is -3.31. The predicted molar refractivity (Wildman–Crippen MR) is 96.9 cm³/mol. The Kier molecular flexibility index (Phi) is 8.85. The van der Waals surface area contributed by atoms with Crippen molar-refractivity contribution in [2.24, 2.45) is 0 Å². The van der Waals surface area contributed by atoms with E-state index in [0.717, 1.165) is 25.7 Å². The highest BCUT2D eigenvalue weighted by atomic mass is 32.2. The third-order valence-electron chi connectivity index (χ3n) is 4.00. The zero-order chi connectivity index (χ0) is 18.9. The summed E-state index contributed by atoms with van der Waals surface area (Å²) in [6.45, 7) is 6.43. The number of unbranched alkanes of at least 4 members (excludes halogenated alkanes) is 3. The molecule has 25 heavy (non-hydrogen) atoms. The van der Waals surface area contributed by atoms with Gasteiger partial charge in [-0.25, -0.2) is 17.9 Å². The summed E-state index contributed by atoms with van der Waals surface area (Å²) in [5.74, 6) is 0.159. The van der Waals surface area contributed by atoms with E-state index in [9.17, 15) is 18.0 Å². The van der Waals surface area contributed by atoms with E-state index in [0.29, 0.717) is 38.8 Å². The molecule has 0 aromatic rings. The van der Waals surface area contributed by atoms with Gasteiger partial charge in [-0.05, 0) is 46.5 Å². The number of sulfonamides is 1. The number of ketones is 1. The van der Waals surface area contributed by atoms with Gasteiger partial charge in [0.2, 0.25) is 10.0 Å². The van der Waals surface area contributed by atoms with Crippen LogP contribution in [-0.2, 0) is 19.6 Å². The molecule has 8 heteroatoms. The van der Waals surface area contributed by atoms with E-state index < -0.39 is 27.0 Å². The fraction of sp³-hybridized carbons (Fsp3) is 0.882. The van der Waals surface area contributed by atoms with Gasteiger partial charge in [-0.2, -0.15) is 0 Å². The van der Waals surface area contributed by atoms with Crippen molar-refractivity contribution in [2.75, 3.05) is 13.1 Å². The second-order valence-electron chi connectivity index (χ2n) is 7.52. The van der Waals surface area contributed by atoms with Crippen LogP contribution >= 0.6 is 0 Å². The molecular weight excluding hydrogens is 344 g/mol. The van der Waals surface area contributed by atoms with Gasteiger partial charge in [0, 0.05) is 25.9 Å². The summed E-state index contributed by atoms with van der Waals surface area (Å²) >= 11 is 0. The van der Waals surface area contributed by atoms with Crippen molar-refractivity contribution in [2.45, 2.75) is 83.0 Å². The molecule has 0 saturated heterocycles. The minimum Gasteiger partial charge on any atom is -0.444 e. The van der Waals surface area contributed by atoms with Crippen molar-refractivity contribution in [1.29, 1.82) is 0 Å². The molecule has 1 rings (SSSR count). The number of ether oxygens (including phenoxy) is 1. The summed E-state index contributed by atoms with van der Waals surface area (Å²) in [6.07, 6.45) is 4.60. The molecule has 0 bridgehead atoms. The third-order valence-corrected chi connectivity index (χ3v) is 5.96. The Bertz CT molecular complexity index is 530. The van der Waals surface area contributed by atoms with Crippen LogP contribution in [0.4, 0.5) is 4.79 Å². The first-order valence-electron chi connectivity index (χ1n) is 9.07. The normalized spacial score (nSPS) is 16.7. The maximum absolute atomic E-state index is 12.1. The molecule has 0 atom stereocenters. The molecule has 1 aliphatic rings. The predicted octanol–water partition coefficient (Wildman–Crippen LogP) is 2.50. The summed E-state index contributed by atoms with van der Waals surface area (Å²) in [7, 11) is -3.31. The van der Waals surface area contributed by atoms with Gasteiger partial charge in [0.25, 0.3) is 0 Å². The Balaban J connectivity index is 2.04. The number of hydrogen-bond donors (Lipinski definition) is 2. The third kappa shape index (κ3) is 9.79. The Morgan fingerprint density at radius 1 is 1.08 bits per heavy atom. The van der Waals surface area contributed by atoms with Gasteiger partial charge >= 0.3 is 6.09 Å². The van der Waals surface area contributed by atoms with E-state index in [1.54, 1.807) is 0 Å². The maximum Gasteiger partial charge on any atom is 0.407 e. The Morgan fingerprint density at radius 3 is 2.20 bits per heavy atom. The van der Waals surface area contributed by atoms with Crippen LogP contribution in [0.5, 0.6) is 0 Å². The maximum atomic E-state index is 12.1. The van der Waals surface area contributed by atoms with E-state index >= 15 is 0 Å². The molecule has 146 valence electrons. The van der Waals surface area contributed by atoms with Gasteiger partial charge in [-0.1, -0.05) is 12.8 Å². The van der Waals surface area contributed by atoms with Crippen LogP contribution < -0.4 is 10.0 Å². The van der Waals surface area contributed by atoms with Gasteiger partial charge in [-0.3, -0.25) is 4.79 Å². The molecule has 0 radical (unpaired) electrons. The monoisotopic (exact) mass is 376 g/mol. The van der Waals surface area contributed by atoms with E-state index in [1.165, 1.54) is 0 Å². The molecule has 0 aromatic carbocycles. The van der Waals surface area contributed by atoms with Gasteiger partial charge < -0.3 is 10.1 Å². The van der Waals surface area contributed by atoms with Crippen LogP contribution in [0.25, 0.3) is 0 Å². The molecule has 1 amide bonds. The second-order valence-corrected chi connectivity index (χ2v) is 9.57. The first-order chi connectivity index (χ1) is 11.6. The molecule has 0 aliphatic heterocycles. The summed E-state index contributed by atoms with van der Waals surface area (Å²) in [5.41, 5.74) is -0.493. The van der Waals surface area contributed by atoms with Gasteiger partial charge in [0.05, 0.1) is 5.25 Å². The van der Waals surface area contributed by atoms with Gasteiger partial charge in [0.1, 0.15) is 11.4 Å². The standard InChI is InChI=1S/C17H32N2O5S/c1-17(2,3)24-16(21)18-12-6-4-5-7-13-19-25(22,23)15-10-8-14(20)9-11-15/h15,19H,4-13H2,1-3H3,(H,18,21). The molecule has 0 heterocycles. The Hall–Kier alpha value is -1.15. The van der Waals surface area contributed by atoms with E-state index in [1.807, 2.05) is 20.8 Å². The van der Waals surface area contributed by atoms with Crippen LogP contribution in [0.3, 0.4) is 0 Å². The highest BCUT2D eigenvalue weighted by molar-refractivity contribution is 7.90. The van der Waals surface area contributed by atoms with E-state index in [2.05, 4.69) is 10.0 Å². The summed E-state index contributed by atoms with van der Waals surface area (Å²) in [5, 5.41) is 2.27. The summed E-state index contributed by atoms with van der Waals surface area (Å²) in [4.78, 5) is 22.6. The van der Waals surface area contributed by atoms with Crippen LogP contribution in [0.1, 0.15) is 72.1 Å². The fourth-order valence-electron chi connectivity index (χ4n) is 2.66. The molecule has 0 unspecified atom stereocenters. The molecule has 1 aliphatic carbocycles. The molecule has 0 spiro atoms. The molecule has 2 N–H and O–H groups in total. The van der Waals surface area contributed by atoms with Gasteiger partial charge in [-0.15, -0.1) is 0 Å². The Labute approximate surface area is 151 Å². The smallest absolute Gasteiger partial charge is 0.407 e. The lowest BCUT2D eigenvalue weighted by Crippen LogP contribution is -2.37. The summed E-state index contributed by atoms with van der Waals surface area (Å²) in [6, 6.07) is 0. The van der Waals surface area contributed by atoms with Crippen molar-refractivity contribution in [3.05, 3.63) is 0 Å². The number of alkyl carbamates (subject to hydrolysis) is 1. The first kappa shape index (κ1) is 21.9. The molecular formula is C17H32N2O5S. The average molecular weight is 377 g/mol. The lowest BCUT2D eigenvalue weighted by Gasteiger charge is -2.21. The molecule has 0 aromatic heterocycles. The zero-order valence-electron chi connectivity index (χ0n) is 15.6. The van der Waals surface area contributed by atoms with Crippen LogP contribution in [0, 0.1) is 0 Å². The topological polar surface area (TPSA) is 102 Å². The molecule has 1 fully saturated rings. The number of carbonyl (C=O) groups is 2.